The number of benzene rings is 1. The Bertz CT molecular complexity index is 426. The molecule has 0 radical (unpaired) electrons. The first-order valence-corrected chi connectivity index (χ1v) is 6.97. The van der Waals surface area contributed by atoms with Crippen LogP contribution in [0.15, 0.2) is 40.3 Å². The van der Waals surface area contributed by atoms with E-state index in [1.165, 1.54) is 15.6 Å². The van der Waals surface area contributed by atoms with Gasteiger partial charge < -0.3 is 4.90 Å². The fourth-order valence-electron chi connectivity index (χ4n) is 1.41. The number of hydrogen-bond donors (Lipinski definition) is 0. The molecule has 0 aliphatic carbocycles. The summed E-state index contributed by atoms with van der Waals surface area (Å²) in [6.07, 6.45) is 4.07. The van der Waals surface area contributed by atoms with Crippen molar-refractivity contribution in [1.82, 2.24) is 0 Å². The van der Waals surface area contributed by atoms with Crippen molar-refractivity contribution in [3.05, 3.63) is 35.4 Å². The maximum Gasteiger partial charge on any atom is 0.0818 e. The molecule has 1 aliphatic rings. The van der Waals surface area contributed by atoms with Gasteiger partial charge in [-0.2, -0.15) is 0 Å². The van der Waals surface area contributed by atoms with Gasteiger partial charge in [0.1, 0.15) is 0 Å². The Morgan fingerprint density at radius 3 is 2.87 bits per heavy atom. The number of hydrogen-bond acceptors (Lipinski definition) is 4. The van der Waals surface area contributed by atoms with E-state index in [1.54, 1.807) is 23.5 Å². The first-order valence-electron chi connectivity index (χ1n) is 4.52. The van der Waals surface area contributed by atoms with Crippen LogP contribution in [0.2, 0.25) is 0 Å². The quantitative estimate of drug-likeness (QED) is 0.553. The number of thiocarbonyl (C=S) groups is 1. The summed E-state index contributed by atoms with van der Waals surface area (Å²) in [5, 5.41) is 1.20. The maximum atomic E-state index is 5.20. The van der Waals surface area contributed by atoms with Crippen LogP contribution in [-0.4, -0.2) is 17.5 Å². The van der Waals surface area contributed by atoms with Gasteiger partial charge in [0, 0.05) is 11.9 Å². The highest BCUT2D eigenvalue weighted by Gasteiger charge is 2.21. The van der Waals surface area contributed by atoms with Crippen molar-refractivity contribution in [1.29, 1.82) is 0 Å². The van der Waals surface area contributed by atoms with Crippen LogP contribution >= 0.6 is 35.7 Å². The van der Waals surface area contributed by atoms with E-state index in [2.05, 4.69) is 42.3 Å². The van der Waals surface area contributed by atoms with E-state index in [0.717, 1.165) is 4.20 Å². The van der Waals surface area contributed by atoms with Crippen molar-refractivity contribution in [3.63, 3.8) is 0 Å². The van der Waals surface area contributed by atoms with Crippen molar-refractivity contribution in [2.75, 3.05) is 18.2 Å². The first-order chi connectivity index (χ1) is 7.22. The molecule has 0 unspecified atom stereocenters. The van der Waals surface area contributed by atoms with E-state index in [-0.39, 0.29) is 0 Å². The topological polar surface area (TPSA) is 3.24 Å². The summed E-state index contributed by atoms with van der Waals surface area (Å²) in [4.78, 5) is 3.48. The molecule has 4 heteroatoms. The Morgan fingerprint density at radius 1 is 1.47 bits per heavy atom. The van der Waals surface area contributed by atoms with Crippen molar-refractivity contribution < 1.29 is 0 Å². The molecule has 1 aromatic carbocycles. The van der Waals surface area contributed by atoms with Gasteiger partial charge in [-0.15, -0.1) is 11.8 Å². The molecule has 78 valence electrons. The minimum Gasteiger partial charge on any atom is -0.338 e. The molecule has 0 saturated heterocycles. The van der Waals surface area contributed by atoms with Gasteiger partial charge in [0.15, 0.2) is 0 Å². The van der Waals surface area contributed by atoms with Gasteiger partial charge in [-0.3, -0.25) is 0 Å². The zero-order valence-electron chi connectivity index (χ0n) is 8.56. The van der Waals surface area contributed by atoms with E-state index in [4.69, 9.17) is 12.2 Å². The molecule has 1 aliphatic heterocycles. The van der Waals surface area contributed by atoms with Crippen molar-refractivity contribution >= 4 is 45.6 Å². The molecule has 0 bridgehead atoms. The SMILES string of the molecule is CSC(=S)/C=C1\Sc2ccccc2N1C. The highest BCUT2D eigenvalue weighted by Crippen LogP contribution is 2.44. The molecular weight excluding hydrogens is 242 g/mol. The smallest absolute Gasteiger partial charge is 0.0818 e. The highest BCUT2D eigenvalue weighted by atomic mass is 32.2. The van der Waals surface area contributed by atoms with Crippen molar-refractivity contribution in [2.24, 2.45) is 0 Å². The second kappa shape index (κ2) is 4.60. The monoisotopic (exact) mass is 253 g/mol. The Labute approximate surface area is 104 Å². The van der Waals surface area contributed by atoms with Crippen LogP contribution in [0.5, 0.6) is 0 Å². The lowest BCUT2D eigenvalue weighted by atomic mass is 10.3. The molecule has 0 saturated carbocycles. The molecule has 0 N–H and O–H groups in total. The van der Waals surface area contributed by atoms with Crippen LogP contribution in [0.25, 0.3) is 0 Å². The lowest BCUT2D eigenvalue weighted by Crippen LogP contribution is -2.10. The molecule has 0 fully saturated rings. The van der Waals surface area contributed by atoms with Crippen LogP contribution in [-0.2, 0) is 0 Å². The van der Waals surface area contributed by atoms with Crippen LogP contribution in [0.1, 0.15) is 0 Å². The molecule has 0 aromatic heterocycles. The number of para-hydroxylation sites is 1. The number of fused-ring (bicyclic) bond motifs is 1. The Balaban J connectivity index is 2.31. The number of rotatable bonds is 1. The zero-order valence-corrected chi connectivity index (χ0v) is 11.0. The molecule has 15 heavy (non-hydrogen) atoms. The molecular formula is C11H11NS3. The fraction of sp³-hybridized carbons (Fsp3) is 0.182. The Morgan fingerprint density at radius 2 is 2.20 bits per heavy atom. The molecule has 0 amide bonds. The average Bonchev–Trinajstić information content (AvgIpc) is 2.57. The third-order valence-electron chi connectivity index (χ3n) is 2.21. The summed E-state index contributed by atoms with van der Waals surface area (Å²) in [5.74, 6) is 0. The number of anilines is 1. The van der Waals surface area contributed by atoms with Crippen LogP contribution < -0.4 is 4.90 Å². The second-order valence-electron chi connectivity index (χ2n) is 3.13. The van der Waals surface area contributed by atoms with Gasteiger partial charge in [0.25, 0.3) is 0 Å². The summed E-state index contributed by atoms with van der Waals surface area (Å²) in [7, 11) is 2.08. The Kier molecular flexibility index (Phi) is 3.38. The lowest BCUT2D eigenvalue weighted by molar-refractivity contribution is 1.18. The van der Waals surface area contributed by atoms with Gasteiger partial charge in [-0.1, -0.05) is 36.1 Å². The standard InChI is InChI=1S/C11H11NS3/c1-12-8-5-3-4-6-9(8)15-10(12)7-11(13)14-2/h3-7H,1-2H3/b10-7-. The largest absolute Gasteiger partial charge is 0.338 e. The van der Waals surface area contributed by atoms with E-state index in [9.17, 15) is 0 Å². The van der Waals surface area contributed by atoms with E-state index in [1.807, 2.05) is 6.26 Å². The van der Waals surface area contributed by atoms with Gasteiger partial charge in [-0.25, -0.2) is 0 Å². The Hall–Kier alpha value is -0.450. The van der Waals surface area contributed by atoms with Crippen molar-refractivity contribution in [3.8, 4) is 0 Å². The summed E-state index contributed by atoms with van der Waals surface area (Å²) in [6.45, 7) is 0. The van der Waals surface area contributed by atoms with E-state index < -0.39 is 0 Å². The predicted octanol–water partition coefficient (Wildman–Crippen LogP) is 3.76. The summed E-state index contributed by atoms with van der Waals surface area (Å²) < 4.78 is 0.928. The molecule has 1 aromatic rings. The van der Waals surface area contributed by atoms with Gasteiger partial charge in [0.05, 0.1) is 14.9 Å². The van der Waals surface area contributed by atoms with Gasteiger partial charge in [0.2, 0.25) is 0 Å². The summed E-state index contributed by atoms with van der Waals surface area (Å²) in [5.41, 5.74) is 1.26. The maximum absolute atomic E-state index is 5.20. The normalized spacial score (nSPS) is 16.9. The summed E-state index contributed by atoms with van der Waals surface area (Å²) in [6, 6.07) is 8.39. The molecule has 2 rings (SSSR count). The van der Waals surface area contributed by atoms with Gasteiger partial charge >= 0.3 is 0 Å². The van der Waals surface area contributed by atoms with E-state index >= 15 is 0 Å². The molecule has 1 nitrogen and oxygen atoms in total. The third-order valence-corrected chi connectivity index (χ3v) is 4.52. The van der Waals surface area contributed by atoms with Gasteiger partial charge in [-0.05, 0) is 24.5 Å². The van der Waals surface area contributed by atoms with Crippen LogP contribution in [0.4, 0.5) is 5.69 Å². The minimum absolute atomic E-state index is 0.928. The number of thioether (sulfide) groups is 2. The lowest BCUT2D eigenvalue weighted by Gasteiger charge is -2.12. The minimum atomic E-state index is 0.928. The first kappa shape index (κ1) is 11.0. The number of nitrogens with zero attached hydrogens (tertiary/aromatic N) is 1. The molecule has 1 heterocycles. The summed E-state index contributed by atoms with van der Waals surface area (Å²) >= 11 is 8.58. The third kappa shape index (κ3) is 2.22. The van der Waals surface area contributed by atoms with Crippen molar-refractivity contribution in [2.45, 2.75) is 4.90 Å². The highest BCUT2D eigenvalue weighted by molar-refractivity contribution is 8.23. The van der Waals surface area contributed by atoms with Crippen LogP contribution in [0, 0.1) is 0 Å². The predicted molar refractivity (Wildman–Crippen MR) is 74.9 cm³/mol. The molecule has 0 spiro atoms. The zero-order chi connectivity index (χ0) is 10.8. The molecule has 0 atom stereocenters. The fourth-order valence-corrected chi connectivity index (χ4v) is 2.99. The second-order valence-corrected chi connectivity index (χ2v) is 5.74. The van der Waals surface area contributed by atoms with Crippen LogP contribution in [0.3, 0.4) is 0 Å². The van der Waals surface area contributed by atoms with E-state index in [0.29, 0.717) is 0 Å². The average molecular weight is 253 g/mol.